The van der Waals surface area contributed by atoms with E-state index in [1.807, 2.05) is 77.7 Å². The van der Waals surface area contributed by atoms with E-state index in [9.17, 15) is 2.74 Å². The van der Waals surface area contributed by atoms with Crippen molar-refractivity contribution in [2.24, 2.45) is 0 Å². The first-order chi connectivity index (χ1) is 30.4. The van der Waals surface area contributed by atoms with E-state index in [0.717, 1.165) is 61.6 Å². The zero-order valence-electron chi connectivity index (χ0n) is 35.9. The molecule has 0 aliphatic heterocycles. The molecule has 2 aliphatic rings. The van der Waals surface area contributed by atoms with E-state index in [0.29, 0.717) is 11.4 Å². The number of nitrogens with zero attached hydrogens (tertiary/aromatic N) is 2. The molecule has 0 saturated heterocycles. The first kappa shape index (κ1) is 28.1. The summed E-state index contributed by atoms with van der Waals surface area (Å²) in [6.07, 6.45) is 0. The minimum absolute atomic E-state index is 0.0848. The largest absolute Gasteiger partial charge is 0.310 e. The van der Waals surface area contributed by atoms with Crippen molar-refractivity contribution in [3.63, 3.8) is 0 Å². The Labute approximate surface area is 341 Å². The summed E-state index contributed by atoms with van der Waals surface area (Å²) in [6, 6.07) is 67.7. The molecule has 0 bridgehead atoms. The molecule has 0 fully saturated rings. The Kier molecular flexibility index (Phi) is 6.60. The molecule has 0 amide bonds. The van der Waals surface area contributed by atoms with Gasteiger partial charge in [-0.3, -0.25) is 0 Å². The van der Waals surface area contributed by atoms with E-state index in [-0.39, 0.29) is 29.9 Å². The lowest BCUT2D eigenvalue weighted by molar-refractivity contribution is 0.793. The Morgan fingerprint density at radius 3 is 1.28 bits per heavy atom. The van der Waals surface area contributed by atoms with Gasteiger partial charge < -0.3 is 9.80 Å². The predicted octanol–water partition coefficient (Wildman–Crippen LogP) is 14.6. The van der Waals surface area contributed by atoms with E-state index in [1.165, 1.54) is 11.1 Å². The van der Waals surface area contributed by atoms with Gasteiger partial charge in [0.25, 0.3) is 0 Å². The lowest BCUT2D eigenvalue weighted by Crippen LogP contribution is -2.26. The number of benzene rings is 9. The predicted molar refractivity (Wildman–Crippen MR) is 238 cm³/mol. The molecular formula is C55H38N2. The number of fused-ring (bicyclic) bond motifs is 10. The maximum Gasteiger partial charge on any atom is 0.0727 e. The van der Waals surface area contributed by atoms with Crippen molar-refractivity contribution in [3.8, 4) is 33.4 Å². The van der Waals surface area contributed by atoms with Crippen LogP contribution in [0.1, 0.15) is 29.1 Å². The molecule has 1 spiro atoms. The standard InChI is InChI=1S/C55H38N2/c1-5-18-39(19-6-1)40-20-17-27-44(36-40)57(43-25-11-4-12-26-43)46-33-35-50-48-29-14-16-31-52(48)55(54(50)38-46)51-30-15-13-28-47(51)49-34-32-45(37-53(49)55)56(41-21-7-2-8-22-41)42-23-9-3-10-24-42/h1-38H/i4D,11D,12D,25D,26D. The van der Waals surface area contributed by atoms with Gasteiger partial charge in [-0.2, -0.15) is 0 Å². The maximum atomic E-state index is 9.28. The van der Waals surface area contributed by atoms with Crippen LogP contribution < -0.4 is 9.80 Å². The highest BCUT2D eigenvalue weighted by Gasteiger charge is 2.52. The molecule has 0 heterocycles. The molecular weight excluding hydrogens is 689 g/mol. The fourth-order valence-corrected chi connectivity index (χ4v) is 9.21. The second-order valence-corrected chi connectivity index (χ2v) is 14.5. The molecule has 0 saturated carbocycles. The number of hydrogen-bond donors (Lipinski definition) is 0. The lowest BCUT2D eigenvalue weighted by atomic mass is 9.70. The molecule has 9 aromatic rings. The van der Waals surface area contributed by atoms with Gasteiger partial charge in [0, 0.05) is 34.1 Å². The van der Waals surface area contributed by atoms with Gasteiger partial charge in [0.05, 0.1) is 12.3 Å². The summed E-state index contributed by atoms with van der Waals surface area (Å²) >= 11 is 0. The Balaban J connectivity index is 1.20. The molecule has 268 valence electrons. The maximum absolute atomic E-state index is 9.28. The van der Waals surface area contributed by atoms with E-state index in [4.69, 9.17) is 4.11 Å². The van der Waals surface area contributed by atoms with E-state index >= 15 is 0 Å². The van der Waals surface area contributed by atoms with Crippen LogP contribution in [-0.4, -0.2) is 0 Å². The normalized spacial score (nSPS) is 15.6. The van der Waals surface area contributed by atoms with E-state index in [1.54, 1.807) is 0 Å². The number of para-hydroxylation sites is 3. The molecule has 2 heteroatoms. The van der Waals surface area contributed by atoms with Crippen molar-refractivity contribution < 1.29 is 6.85 Å². The summed E-state index contributed by atoms with van der Waals surface area (Å²) in [5, 5.41) is 0. The highest BCUT2D eigenvalue weighted by Crippen LogP contribution is 2.64. The van der Waals surface area contributed by atoms with Gasteiger partial charge >= 0.3 is 0 Å². The summed E-state index contributed by atoms with van der Waals surface area (Å²) < 4.78 is 44.6. The third kappa shape index (κ3) is 5.18. The lowest BCUT2D eigenvalue weighted by Gasteiger charge is -2.33. The summed E-state index contributed by atoms with van der Waals surface area (Å²) in [6.45, 7) is 0. The van der Waals surface area contributed by atoms with Gasteiger partial charge in [0.2, 0.25) is 0 Å². The SMILES string of the molecule is [2H]c1c([2H])c([2H])c(N(c2cccc(-c3ccccc3)c2)c2ccc3c(c2)C2(c4ccccc4-c4ccc(N(c5ccccc5)c5ccccc5)cc42)c2ccccc2-3)c([2H])c1[2H]. The van der Waals surface area contributed by atoms with E-state index < -0.39 is 11.5 Å². The molecule has 1 atom stereocenters. The smallest absolute Gasteiger partial charge is 0.0727 e. The van der Waals surface area contributed by atoms with Crippen LogP contribution in [0.15, 0.2) is 230 Å². The average molecular weight is 732 g/mol. The van der Waals surface area contributed by atoms with E-state index in [2.05, 4.69) is 132 Å². The van der Waals surface area contributed by atoms with Gasteiger partial charge in [0.15, 0.2) is 0 Å². The second-order valence-electron chi connectivity index (χ2n) is 14.5. The summed E-state index contributed by atoms with van der Waals surface area (Å²) in [7, 11) is 0. The van der Waals surface area contributed by atoms with Gasteiger partial charge in [-0.25, -0.2) is 0 Å². The number of anilines is 6. The van der Waals surface area contributed by atoms with Crippen molar-refractivity contribution in [3.05, 3.63) is 253 Å². The minimum atomic E-state index is -0.750. The topological polar surface area (TPSA) is 6.48 Å². The average Bonchev–Trinajstić information content (AvgIpc) is 3.79. The number of rotatable bonds is 7. The Hall–Kier alpha value is -7.42. The summed E-state index contributed by atoms with van der Waals surface area (Å²) in [5.41, 5.74) is 14.8. The molecule has 0 aromatic heterocycles. The van der Waals surface area contributed by atoms with Gasteiger partial charge in [-0.05, 0) is 128 Å². The Morgan fingerprint density at radius 1 is 0.298 bits per heavy atom. The molecule has 2 aliphatic carbocycles. The highest BCUT2D eigenvalue weighted by molar-refractivity contribution is 5.97. The van der Waals surface area contributed by atoms with Gasteiger partial charge in [-0.15, -0.1) is 0 Å². The third-order valence-corrected chi connectivity index (χ3v) is 11.5. The molecule has 0 radical (unpaired) electrons. The second kappa shape index (κ2) is 13.4. The van der Waals surface area contributed by atoms with Crippen molar-refractivity contribution in [1.29, 1.82) is 0 Å². The first-order valence-electron chi connectivity index (χ1n) is 21.8. The zero-order valence-corrected chi connectivity index (χ0v) is 30.9. The minimum Gasteiger partial charge on any atom is -0.310 e. The monoisotopic (exact) mass is 731 g/mol. The van der Waals surface area contributed by atoms with Crippen molar-refractivity contribution in [2.45, 2.75) is 5.41 Å². The fourth-order valence-electron chi connectivity index (χ4n) is 9.21. The van der Waals surface area contributed by atoms with Crippen LogP contribution in [0.3, 0.4) is 0 Å². The fraction of sp³-hybridized carbons (Fsp3) is 0.0182. The van der Waals surface area contributed by atoms with Crippen molar-refractivity contribution in [1.82, 2.24) is 0 Å². The third-order valence-electron chi connectivity index (χ3n) is 11.5. The quantitative estimate of drug-likeness (QED) is 0.161. The van der Waals surface area contributed by atoms with Crippen LogP contribution >= 0.6 is 0 Å². The van der Waals surface area contributed by atoms with Gasteiger partial charge in [-0.1, -0.05) is 158 Å². The zero-order chi connectivity index (χ0) is 42.1. The molecule has 11 rings (SSSR count). The Morgan fingerprint density at radius 2 is 0.719 bits per heavy atom. The summed E-state index contributed by atoms with van der Waals surface area (Å²) in [5.74, 6) is 0. The van der Waals surface area contributed by atoms with Crippen LogP contribution in [0.2, 0.25) is 0 Å². The van der Waals surface area contributed by atoms with Crippen LogP contribution in [0.5, 0.6) is 0 Å². The van der Waals surface area contributed by atoms with Crippen LogP contribution in [-0.2, 0) is 5.41 Å². The molecule has 2 nitrogen and oxygen atoms in total. The first-order valence-corrected chi connectivity index (χ1v) is 19.3. The van der Waals surface area contributed by atoms with Crippen LogP contribution in [0.4, 0.5) is 34.1 Å². The molecule has 57 heavy (non-hydrogen) atoms. The van der Waals surface area contributed by atoms with Crippen LogP contribution in [0, 0.1) is 0 Å². The summed E-state index contributed by atoms with van der Waals surface area (Å²) in [4.78, 5) is 4.14. The van der Waals surface area contributed by atoms with Gasteiger partial charge in [0.1, 0.15) is 0 Å². The molecule has 0 N–H and O–H groups in total. The van der Waals surface area contributed by atoms with Crippen molar-refractivity contribution >= 4 is 34.1 Å². The van der Waals surface area contributed by atoms with Crippen molar-refractivity contribution in [2.75, 3.05) is 9.80 Å². The molecule has 1 unspecified atom stereocenters. The molecule has 9 aromatic carbocycles. The Bertz CT molecular complexity index is 3130. The highest BCUT2D eigenvalue weighted by atomic mass is 15.1. The van der Waals surface area contributed by atoms with Crippen LogP contribution in [0.25, 0.3) is 33.4 Å². The number of hydrogen-bond acceptors (Lipinski definition) is 2.